The summed E-state index contributed by atoms with van der Waals surface area (Å²) in [5.74, 6) is -1.26. The van der Waals surface area contributed by atoms with E-state index >= 15 is 0 Å². The highest BCUT2D eigenvalue weighted by Crippen LogP contribution is 2.25. The van der Waals surface area contributed by atoms with Crippen molar-refractivity contribution in [3.8, 4) is 5.75 Å². The van der Waals surface area contributed by atoms with Crippen LogP contribution in [0.2, 0.25) is 0 Å². The highest BCUT2D eigenvalue weighted by molar-refractivity contribution is 9.08. The van der Waals surface area contributed by atoms with E-state index in [-0.39, 0.29) is 5.75 Å². The van der Waals surface area contributed by atoms with E-state index in [0.29, 0.717) is 5.33 Å². The van der Waals surface area contributed by atoms with Crippen molar-refractivity contribution in [2.24, 2.45) is 0 Å². The van der Waals surface area contributed by atoms with Crippen LogP contribution >= 0.6 is 15.9 Å². The van der Waals surface area contributed by atoms with E-state index in [1.54, 1.807) is 19.1 Å². The van der Waals surface area contributed by atoms with Crippen LogP contribution in [0.15, 0.2) is 18.2 Å². The lowest BCUT2D eigenvalue weighted by molar-refractivity contribution is -0.138. The van der Waals surface area contributed by atoms with E-state index in [4.69, 9.17) is 5.11 Å². The predicted octanol–water partition coefficient (Wildman–Crippen LogP) is 2.48. The van der Waals surface area contributed by atoms with Crippen LogP contribution in [0.4, 0.5) is 0 Å². The van der Waals surface area contributed by atoms with Gasteiger partial charge in [-0.25, -0.2) is 0 Å². The van der Waals surface area contributed by atoms with Gasteiger partial charge in [0, 0.05) is 5.33 Å². The monoisotopic (exact) mass is 258 g/mol. The number of phenolic OH excluding ortho intramolecular Hbond substituents is 1. The first-order valence-corrected chi connectivity index (χ1v) is 5.29. The number of hydrogen-bond acceptors (Lipinski definition) is 2. The number of carboxylic acids is 1. The quantitative estimate of drug-likeness (QED) is 0.820. The van der Waals surface area contributed by atoms with Gasteiger partial charge in [0.25, 0.3) is 0 Å². The number of phenols is 1. The molecule has 1 rings (SSSR count). The van der Waals surface area contributed by atoms with Crippen LogP contribution in [0.3, 0.4) is 0 Å². The van der Waals surface area contributed by atoms with Crippen molar-refractivity contribution in [1.82, 2.24) is 0 Å². The van der Waals surface area contributed by atoms with Crippen molar-refractivity contribution in [2.75, 3.05) is 0 Å². The molecule has 1 aromatic carbocycles. The molecule has 0 aliphatic carbocycles. The number of hydrogen-bond donors (Lipinski definition) is 2. The van der Waals surface area contributed by atoms with Crippen molar-refractivity contribution >= 4 is 21.9 Å². The summed E-state index contributed by atoms with van der Waals surface area (Å²) < 4.78 is 0. The van der Waals surface area contributed by atoms with Crippen molar-refractivity contribution in [3.63, 3.8) is 0 Å². The molecule has 0 radical (unpaired) electrons. The average molecular weight is 259 g/mol. The van der Waals surface area contributed by atoms with E-state index in [2.05, 4.69) is 15.9 Å². The summed E-state index contributed by atoms with van der Waals surface area (Å²) in [6.07, 6.45) is 0. The van der Waals surface area contributed by atoms with Crippen molar-refractivity contribution < 1.29 is 15.0 Å². The van der Waals surface area contributed by atoms with Crippen molar-refractivity contribution in [2.45, 2.75) is 18.2 Å². The Balaban J connectivity index is 3.13. The molecular formula is C10H11BrO3. The van der Waals surface area contributed by atoms with Gasteiger partial charge in [0.2, 0.25) is 0 Å². The minimum atomic E-state index is -0.863. The minimum absolute atomic E-state index is 0.154. The first-order valence-electron chi connectivity index (χ1n) is 4.16. The van der Waals surface area contributed by atoms with Crippen LogP contribution in [0.5, 0.6) is 5.75 Å². The highest BCUT2D eigenvalue weighted by atomic mass is 79.9. The molecular weight excluding hydrogens is 248 g/mol. The predicted molar refractivity (Wildman–Crippen MR) is 56.8 cm³/mol. The van der Waals surface area contributed by atoms with E-state index in [1.807, 2.05) is 0 Å². The zero-order valence-electron chi connectivity index (χ0n) is 7.70. The van der Waals surface area contributed by atoms with Crippen LogP contribution in [0.25, 0.3) is 0 Å². The lowest BCUT2D eigenvalue weighted by Crippen LogP contribution is -2.09. The van der Waals surface area contributed by atoms with Gasteiger partial charge < -0.3 is 10.2 Å². The maximum Gasteiger partial charge on any atom is 0.310 e. The third-order valence-electron chi connectivity index (χ3n) is 2.11. The molecule has 0 fully saturated rings. The summed E-state index contributed by atoms with van der Waals surface area (Å²) >= 11 is 3.26. The second-order valence-electron chi connectivity index (χ2n) is 3.08. The lowest BCUT2D eigenvalue weighted by Gasteiger charge is -2.11. The Morgan fingerprint density at radius 1 is 1.57 bits per heavy atom. The molecule has 1 unspecified atom stereocenters. The van der Waals surface area contributed by atoms with Crippen molar-refractivity contribution in [1.29, 1.82) is 0 Å². The Morgan fingerprint density at radius 3 is 2.71 bits per heavy atom. The molecule has 0 aliphatic rings. The zero-order chi connectivity index (χ0) is 10.7. The fourth-order valence-corrected chi connectivity index (χ4v) is 1.75. The second kappa shape index (κ2) is 4.46. The number of benzene rings is 1. The van der Waals surface area contributed by atoms with Gasteiger partial charge in [-0.05, 0) is 30.2 Å². The Labute approximate surface area is 90.5 Å². The summed E-state index contributed by atoms with van der Waals surface area (Å²) in [5.41, 5.74) is 1.53. The zero-order valence-corrected chi connectivity index (χ0v) is 9.28. The lowest BCUT2D eigenvalue weighted by atomic mass is 9.96. The molecule has 0 saturated heterocycles. The number of aromatic hydroxyl groups is 1. The summed E-state index contributed by atoms with van der Waals surface area (Å²) in [7, 11) is 0. The number of carbonyl (C=O) groups is 1. The molecule has 0 amide bonds. The molecule has 0 aliphatic heterocycles. The van der Waals surface area contributed by atoms with Crippen LogP contribution in [0, 0.1) is 0 Å². The molecule has 14 heavy (non-hydrogen) atoms. The smallest absolute Gasteiger partial charge is 0.310 e. The van der Waals surface area contributed by atoms with Gasteiger partial charge in [-0.3, -0.25) is 4.79 Å². The van der Waals surface area contributed by atoms with Crippen LogP contribution in [0.1, 0.15) is 24.0 Å². The molecule has 0 spiro atoms. The molecule has 76 valence electrons. The van der Waals surface area contributed by atoms with Gasteiger partial charge in [0.05, 0.1) is 5.92 Å². The van der Waals surface area contributed by atoms with Crippen LogP contribution < -0.4 is 0 Å². The first kappa shape index (κ1) is 11.0. The van der Waals surface area contributed by atoms with E-state index in [9.17, 15) is 9.90 Å². The number of halogens is 1. The SMILES string of the molecule is CC(C(=O)O)c1ccc(O)cc1CBr. The molecule has 1 atom stereocenters. The summed E-state index contributed by atoms with van der Waals surface area (Å²) in [6.45, 7) is 1.63. The van der Waals surface area contributed by atoms with Gasteiger partial charge in [-0.15, -0.1) is 0 Å². The first-order chi connectivity index (χ1) is 6.56. The molecule has 0 heterocycles. The molecule has 0 bridgehead atoms. The number of aliphatic carboxylic acids is 1. The van der Waals surface area contributed by atoms with Gasteiger partial charge in [0.15, 0.2) is 0 Å². The standard InChI is InChI=1S/C10H11BrO3/c1-6(10(13)14)9-3-2-8(12)4-7(9)5-11/h2-4,6,12H,5H2,1H3,(H,13,14). The number of rotatable bonds is 3. The molecule has 2 N–H and O–H groups in total. The molecule has 3 nitrogen and oxygen atoms in total. The van der Waals surface area contributed by atoms with E-state index in [0.717, 1.165) is 11.1 Å². The third kappa shape index (κ3) is 2.26. The van der Waals surface area contributed by atoms with Crippen molar-refractivity contribution in [3.05, 3.63) is 29.3 Å². The highest BCUT2D eigenvalue weighted by Gasteiger charge is 2.16. The minimum Gasteiger partial charge on any atom is -0.508 e. The average Bonchev–Trinajstić information content (AvgIpc) is 2.16. The topological polar surface area (TPSA) is 57.5 Å². The van der Waals surface area contributed by atoms with Gasteiger partial charge in [0.1, 0.15) is 5.75 Å². The van der Waals surface area contributed by atoms with E-state index < -0.39 is 11.9 Å². The summed E-state index contributed by atoms with van der Waals surface area (Å²) in [5, 5.41) is 18.6. The Bertz CT molecular complexity index is 349. The molecule has 1 aromatic rings. The third-order valence-corrected chi connectivity index (χ3v) is 2.71. The van der Waals surface area contributed by atoms with Gasteiger partial charge >= 0.3 is 5.97 Å². The summed E-state index contributed by atoms with van der Waals surface area (Å²) in [4.78, 5) is 10.8. The maximum absolute atomic E-state index is 10.8. The molecule has 0 aromatic heterocycles. The number of alkyl halides is 1. The summed E-state index contributed by atoms with van der Waals surface area (Å²) in [6, 6.07) is 4.72. The normalized spacial score (nSPS) is 12.4. The fourth-order valence-electron chi connectivity index (χ4n) is 1.26. The molecule has 0 saturated carbocycles. The maximum atomic E-state index is 10.8. The van der Waals surface area contributed by atoms with Crippen LogP contribution in [-0.2, 0) is 10.1 Å². The Hall–Kier alpha value is -1.03. The largest absolute Gasteiger partial charge is 0.508 e. The van der Waals surface area contributed by atoms with E-state index in [1.165, 1.54) is 6.07 Å². The Kier molecular flexibility index (Phi) is 3.52. The Morgan fingerprint density at radius 2 is 2.21 bits per heavy atom. The van der Waals surface area contributed by atoms with Crippen LogP contribution in [-0.4, -0.2) is 16.2 Å². The fraction of sp³-hybridized carbons (Fsp3) is 0.300. The second-order valence-corrected chi connectivity index (χ2v) is 3.64. The number of carboxylic acid groups (broad SMARTS) is 1. The van der Waals surface area contributed by atoms with Gasteiger partial charge in [-0.1, -0.05) is 22.0 Å². The van der Waals surface area contributed by atoms with Gasteiger partial charge in [-0.2, -0.15) is 0 Å². The molecule has 4 heteroatoms.